The number of nitrogens with zero attached hydrogens (tertiary/aromatic N) is 6. The van der Waals surface area contributed by atoms with Crippen LogP contribution in [-0.4, -0.2) is 41.1 Å². The zero-order chi connectivity index (χ0) is 13.9. The molecule has 0 unspecified atom stereocenters. The topological polar surface area (TPSA) is 118 Å². The second-order valence-electron chi connectivity index (χ2n) is 3.94. The van der Waals surface area contributed by atoms with E-state index in [1.165, 1.54) is 29.0 Å². The van der Waals surface area contributed by atoms with Crippen LogP contribution in [0.3, 0.4) is 0 Å². The Bertz CT molecular complexity index is 770. The van der Waals surface area contributed by atoms with E-state index in [0.29, 0.717) is 23.7 Å². The number of aromatic carboxylic acids is 1. The average molecular weight is 271 g/mol. The molecule has 3 aromatic rings. The Balaban J connectivity index is 1.81. The van der Waals surface area contributed by atoms with Crippen LogP contribution >= 0.6 is 0 Å². The van der Waals surface area contributed by atoms with Gasteiger partial charge in [0.05, 0.1) is 30.2 Å². The Morgan fingerprint density at radius 2 is 2.30 bits per heavy atom. The van der Waals surface area contributed by atoms with Gasteiger partial charge in [-0.25, -0.2) is 4.79 Å². The second-order valence-corrected chi connectivity index (χ2v) is 3.94. The molecule has 100 valence electrons. The standard InChI is InChI=1S/C11H9N7O2/c19-11(20)7-1-2-13-8(3-7)4-14-9-5-12-6-10-15-16-17-18(9)10/h1-3,5-6,14H,4H2,(H,19,20). The third-order valence-corrected chi connectivity index (χ3v) is 2.62. The number of carboxylic acids is 1. The van der Waals surface area contributed by atoms with E-state index in [1.807, 2.05) is 0 Å². The van der Waals surface area contributed by atoms with Crippen LogP contribution in [-0.2, 0) is 6.54 Å². The molecule has 2 N–H and O–H groups in total. The number of nitrogens with one attached hydrogen (secondary N) is 1. The van der Waals surface area contributed by atoms with Crippen molar-refractivity contribution in [3.05, 3.63) is 42.0 Å². The first-order chi connectivity index (χ1) is 9.74. The van der Waals surface area contributed by atoms with Crippen molar-refractivity contribution in [2.45, 2.75) is 6.54 Å². The molecule has 0 fully saturated rings. The number of rotatable bonds is 4. The molecule has 0 atom stereocenters. The smallest absolute Gasteiger partial charge is 0.335 e. The summed E-state index contributed by atoms with van der Waals surface area (Å²) < 4.78 is 1.49. The molecule has 0 aromatic carbocycles. The van der Waals surface area contributed by atoms with Gasteiger partial charge in [0.25, 0.3) is 0 Å². The monoisotopic (exact) mass is 271 g/mol. The molecule has 0 aliphatic carbocycles. The van der Waals surface area contributed by atoms with Crippen molar-refractivity contribution in [2.24, 2.45) is 0 Å². The third-order valence-electron chi connectivity index (χ3n) is 2.62. The lowest BCUT2D eigenvalue weighted by molar-refractivity contribution is 0.0696. The van der Waals surface area contributed by atoms with Crippen molar-refractivity contribution in [2.75, 3.05) is 5.32 Å². The van der Waals surface area contributed by atoms with E-state index in [4.69, 9.17) is 5.11 Å². The average Bonchev–Trinajstić information content (AvgIpc) is 2.94. The lowest BCUT2D eigenvalue weighted by Gasteiger charge is -2.06. The molecule has 3 rings (SSSR count). The summed E-state index contributed by atoms with van der Waals surface area (Å²) in [5.74, 6) is -0.395. The molecule has 0 aliphatic rings. The van der Waals surface area contributed by atoms with E-state index in [-0.39, 0.29) is 5.56 Å². The predicted molar refractivity (Wildman–Crippen MR) is 67.1 cm³/mol. The summed E-state index contributed by atoms with van der Waals surface area (Å²) in [6.07, 6.45) is 4.56. The number of aromatic nitrogens is 6. The third kappa shape index (κ3) is 2.23. The Labute approximate surface area is 112 Å². The summed E-state index contributed by atoms with van der Waals surface area (Å²) in [7, 11) is 0. The highest BCUT2D eigenvalue weighted by Crippen LogP contribution is 2.08. The predicted octanol–water partition coefficient (Wildman–Crippen LogP) is 0.225. The van der Waals surface area contributed by atoms with Gasteiger partial charge in [0.15, 0.2) is 11.5 Å². The van der Waals surface area contributed by atoms with Crippen LogP contribution in [0.2, 0.25) is 0 Å². The Morgan fingerprint density at radius 3 is 3.15 bits per heavy atom. The highest BCUT2D eigenvalue weighted by molar-refractivity contribution is 5.87. The number of carboxylic acid groups (broad SMARTS) is 1. The van der Waals surface area contributed by atoms with E-state index in [1.54, 1.807) is 6.20 Å². The second kappa shape index (κ2) is 4.88. The fraction of sp³-hybridized carbons (Fsp3) is 0.0909. The van der Waals surface area contributed by atoms with E-state index in [0.717, 1.165) is 0 Å². The summed E-state index contributed by atoms with van der Waals surface area (Å²) in [6.45, 7) is 0.335. The molecule has 0 spiro atoms. The van der Waals surface area contributed by atoms with Crippen molar-refractivity contribution in [1.29, 1.82) is 0 Å². The van der Waals surface area contributed by atoms with Crippen molar-refractivity contribution >= 4 is 17.4 Å². The highest BCUT2D eigenvalue weighted by atomic mass is 16.4. The number of pyridine rings is 1. The SMILES string of the molecule is O=C(O)c1ccnc(CNc2cncc3nnnn23)c1. The lowest BCUT2D eigenvalue weighted by atomic mass is 10.2. The maximum atomic E-state index is 10.9. The van der Waals surface area contributed by atoms with E-state index < -0.39 is 5.97 Å². The first-order valence-corrected chi connectivity index (χ1v) is 5.68. The molecule has 9 nitrogen and oxygen atoms in total. The molecular weight excluding hydrogens is 262 g/mol. The number of hydrogen-bond acceptors (Lipinski definition) is 7. The van der Waals surface area contributed by atoms with E-state index >= 15 is 0 Å². The van der Waals surface area contributed by atoms with Crippen LogP contribution in [0.25, 0.3) is 5.65 Å². The zero-order valence-corrected chi connectivity index (χ0v) is 10.1. The normalized spacial score (nSPS) is 10.6. The first-order valence-electron chi connectivity index (χ1n) is 5.68. The van der Waals surface area contributed by atoms with Gasteiger partial charge >= 0.3 is 5.97 Å². The van der Waals surface area contributed by atoms with Gasteiger partial charge < -0.3 is 10.4 Å². The zero-order valence-electron chi connectivity index (χ0n) is 10.1. The summed E-state index contributed by atoms with van der Waals surface area (Å²) >= 11 is 0. The molecule has 9 heteroatoms. The number of hydrogen-bond donors (Lipinski definition) is 2. The molecule has 0 bridgehead atoms. The van der Waals surface area contributed by atoms with Crippen molar-refractivity contribution in [1.82, 2.24) is 30.0 Å². The summed E-state index contributed by atoms with van der Waals surface area (Å²) in [5, 5.41) is 23.1. The van der Waals surface area contributed by atoms with Crippen molar-refractivity contribution < 1.29 is 9.90 Å². The summed E-state index contributed by atoms with van der Waals surface area (Å²) in [6, 6.07) is 2.94. The van der Waals surface area contributed by atoms with Crippen molar-refractivity contribution in [3.8, 4) is 0 Å². The molecule has 20 heavy (non-hydrogen) atoms. The van der Waals surface area contributed by atoms with E-state index in [9.17, 15) is 4.79 Å². The minimum absolute atomic E-state index is 0.190. The number of carbonyl (C=O) groups is 1. The van der Waals surface area contributed by atoms with Crippen LogP contribution in [0.4, 0.5) is 5.82 Å². The fourth-order valence-electron chi connectivity index (χ4n) is 1.68. The maximum Gasteiger partial charge on any atom is 0.335 e. The van der Waals surface area contributed by atoms with Crippen LogP contribution < -0.4 is 5.32 Å². The molecule has 3 heterocycles. The minimum Gasteiger partial charge on any atom is -0.478 e. The molecule has 0 saturated heterocycles. The Kier molecular flexibility index (Phi) is 2.92. The Morgan fingerprint density at radius 1 is 1.40 bits per heavy atom. The lowest BCUT2D eigenvalue weighted by Crippen LogP contribution is -2.08. The van der Waals surface area contributed by atoms with Gasteiger partial charge in [-0.15, -0.1) is 5.10 Å². The van der Waals surface area contributed by atoms with Crippen LogP contribution in [0.15, 0.2) is 30.7 Å². The van der Waals surface area contributed by atoms with Crippen LogP contribution in [0.1, 0.15) is 16.1 Å². The molecular formula is C11H9N7O2. The van der Waals surface area contributed by atoms with Gasteiger partial charge in [-0.2, -0.15) is 4.52 Å². The summed E-state index contributed by atoms with van der Waals surface area (Å²) in [4.78, 5) is 19.0. The number of tetrazole rings is 1. The molecule has 0 aliphatic heterocycles. The number of fused-ring (bicyclic) bond motifs is 1. The Hall–Kier alpha value is -3.10. The maximum absolute atomic E-state index is 10.9. The molecule has 3 aromatic heterocycles. The highest BCUT2D eigenvalue weighted by Gasteiger charge is 2.06. The largest absolute Gasteiger partial charge is 0.478 e. The number of anilines is 1. The molecule has 0 saturated carbocycles. The summed E-state index contributed by atoms with van der Waals surface area (Å²) in [5.41, 5.74) is 1.30. The van der Waals surface area contributed by atoms with Gasteiger partial charge in [-0.3, -0.25) is 9.97 Å². The van der Waals surface area contributed by atoms with Gasteiger partial charge in [-0.1, -0.05) is 0 Å². The van der Waals surface area contributed by atoms with Crippen LogP contribution in [0, 0.1) is 0 Å². The van der Waals surface area contributed by atoms with E-state index in [2.05, 4.69) is 30.8 Å². The first kappa shape index (κ1) is 12.0. The van der Waals surface area contributed by atoms with Crippen LogP contribution in [0.5, 0.6) is 0 Å². The molecule has 0 amide bonds. The van der Waals surface area contributed by atoms with Gasteiger partial charge in [-0.05, 0) is 22.6 Å². The molecule has 0 radical (unpaired) electrons. The van der Waals surface area contributed by atoms with Crippen molar-refractivity contribution in [3.63, 3.8) is 0 Å². The van der Waals surface area contributed by atoms with Gasteiger partial charge in [0, 0.05) is 6.20 Å². The quantitative estimate of drug-likeness (QED) is 0.692. The van der Waals surface area contributed by atoms with Gasteiger partial charge in [0.2, 0.25) is 0 Å². The minimum atomic E-state index is -0.988. The fourth-order valence-corrected chi connectivity index (χ4v) is 1.68. The van der Waals surface area contributed by atoms with Gasteiger partial charge in [0.1, 0.15) is 0 Å².